The Morgan fingerprint density at radius 1 is 0.750 bits per heavy atom. The molecule has 2 aromatic carbocycles. The predicted octanol–water partition coefficient (Wildman–Crippen LogP) is 9.23. The molecule has 0 radical (unpaired) electrons. The highest BCUT2D eigenvalue weighted by Crippen LogP contribution is 2.38. The van der Waals surface area contributed by atoms with E-state index in [-0.39, 0.29) is 27.8 Å². The minimum absolute atomic E-state index is 0.0279. The lowest BCUT2D eigenvalue weighted by atomic mass is 9.72. The summed E-state index contributed by atoms with van der Waals surface area (Å²) in [5.74, 6) is 0.526. The van der Waals surface area contributed by atoms with Crippen LogP contribution in [0.15, 0.2) is 48.6 Å². The Labute approximate surface area is 219 Å². The molecule has 0 spiro atoms. The van der Waals surface area contributed by atoms with Crippen molar-refractivity contribution in [1.82, 2.24) is 0 Å². The Balaban J connectivity index is 1.91. The van der Waals surface area contributed by atoms with Gasteiger partial charge in [-0.05, 0) is 96.6 Å². The lowest BCUT2D eigenvalue weighted by Crippen LogP contribution is -2.26. The summed E-state index contributed by atoms with van der Waals surface area (Å²) in [4.78, 5) is 27.1. The second kappa shape index (κ2) is 10.1. The van der Waals surface area contributed by atoms with E-state index >= 15 is 0 Å². The highest BCUT2D eigenvalue weighted by Gasteiger charge is 2.33. The van der Waals surface area contributed by atoms with E-state index in [2.05, 4.69) is 75.0 Å². The van der Waals surface area contributed by atoms with E-state index in [0.717, 1.165) is 43.2 Å². The molecule has 0 aliphatic heterocycles. The van der Waals surface area contributed by atoms with Crippen LogP contribution in [0, 0.1) is 11.3 Å². The van der Waals surface area contributed by atoms with Crippen molar-refractivity contribution >= 4 is 11.6 Å². The Hall–Kier alpha value is -2.48. The van der Waals surface area contributed by atoms with E-state index in [1.165, 1.54) is 5.57 Å². The van der Waals surface area contributed by atoms with E-state index < -0.39 is 0 Å². The van der Waals surface area contributed by atoms with Gasteiger partial charge in [-0.2, -0.15) is 0 Å². The highest BCUT2D eigenvalue weighted by atomic mass is 16.1. The minimum atomic E-state index is -0.0817. The van der Waals surface area contributed by atoms with Gasteiger partial charge in [-0.15, -0.1) is 6.58 Å². The second-order valence-corrected chi connectivity index (χ2v) is 13.6. The number of rotatable bonds is 9. The van der Waals surface area contributed by atoms with Crippen LogP contribution in [0.25, 0.3) is 0 Å². The van der Waals surface area contributed by atoms with Crippen LogP contribution in [0.5, 0.6) is 0 Å². The van der Waals surface area contributed by atoms with E-state index in [4.69, 9.17) is 0 Å². The number of benzene rings is 2. The van der Waals surface area contributed by atoms with E-state index in [9.17, 15) is 9.59 Å². The summed E-state index contributed by atoms with van der Waals surface area (Å²) in [6.07, 6.45) is 5.22. The summed E-state index contributed by atoms with van der Waals surface area (Å²) in [6, 6.07) is 11.8. The van der Waals surface area contributed by atoms with Crippen molar-refractivity contribution in [3.63, 3.8) is 0 Å². The molecule has 0 saturated carbocycles. The maximum Gasteiger partial charge on any atom is 0.194 e. The molecule has 0 saturated heterocycles. The van der Waals surface area contributed by atoms with Gasteiger partial charge >= 0.3 is 0 Å². The lowest BCUT2D eigenvalue weighted by molar-refractivity contribution is 0.0978. The zero-order valence-electron chi connectivity index (χ0n) is 24.1. The highest BCUT2D eigenvalue weighted by molar-refractivity contribution is 6.28. The first-order valence-electron chi connectivity index (χ1n) is 13.6. The third-order valence-electron chi connectivity index (χ3n) is 8.67. The molecule has 1 unspecified atom stereocenters. The number of hydrogen-bond acceptors (Lipinski definition) is 2. The fraction of sp³-hybridized carbons (Fsp3) is 0.529. The summed E-state index contributed by atoms with van der Waals surface area (Å²) in [5.41, 5.74) is 5.71. The third-order valence-corrected chi connectivity index (χ3v) is 8.67. The molecule has 36 heavy (non-hydrogen) atoms. The van der Waals surface area contributed by atoms with Crippen LogP contribution in [0.2, 0.25) is 0 Å². The number of carbonyl (C=O) groups excluding carboxylic acids is 2. The summed E-state index contributed by atoms with van der Waals surface area (Å²) in [6.45, 7) is 24.2. The van der Waals surface area contributed by atoms with Gasteiger partial charge in [-0.3, -0.25) is 9.59 Å². The molecule has 0 bridgehead atoms. The first kappa shape index (κ1) is 28.1. The molecule has 0 amide bonds. The molecule has 1 aliphatic rings. The van der Waals surface area contributed by atoms with Crippen LogP contribution in [0.3, 0.4) is 0 Å². The Kier molecular flexibility index (Phi) is 7.89. The minimum Gasteiger partial charge on any atom is -0.289 e. The molecule has 1 atom stereocenters. The van der Waals surface area contributed by atoms with Gasteiger partial charge < -0.3 is 0 Å². The smallest absolute Gasteiger partial charge is 0.194 e. The number of hydrogen-bond donors (Lipinski definition) is 0. The van der Waals surface area contributed by atoms with Gasteiger partial charge in [0.05, 0.1) is 0 Å². The van der Waals surface area contributed by atoms with Crippen molar-refractivity contribution in [2.75, 3.05) is 0 Å². The largest absolute Gasteiger partial charge is 0.289 e. The van der Waals surface area contributed by atoms with Crippen LogP contribution >= 0.6 is 0 Å². The fourth-order valence-corrected chi connectivity index (χ4v) is 5.12. The molecular weight excluding hydrogens is 440 g/mol. The zero-order chi connectivity index (χ0) is 27.1. The van der Waals surface area contributed by atoms with Gasteiger partial charge in [0.1, 0.15) is 0 Å². The summed E-state index contributed by atoms with van der Waals surface area (Å²) >= 11 is 0. The van der Waals surface area contributed by atoms with Gasteiger partial charge in [-0.25, -0.2) is 0 Å². The average molecular weight is 487 g/mol. The number of allylic oxidation sites excluding steroid dienone is 1. The van der Waals surface area contributed by atoms with Gasteiger partial charge in [0.25, 0.3) is 0 Å². The Bertz CT molecular complexity index is 1170. The molecule has 0 N–H and O–H groups in total. The van der Waals surface area contributed by atoms with Gasteiger partial charge in [-0.1, -0.05) is 73.1 Å². The van der Waals surface area contributed by atoms with E-state index in [1.54, 1.807) is 0 Å². The van der Waals surface area contributed by atoms with Crippen LogP contribution in [0.4, 0.5) is 0 Å². The van der Waals surface area contributed by atoms with Crippen molar-refractivity contribution < 1.29 is 9.59 Å². The van der Waals surface area contributed by atoms with E-state index in [1.807, 2.05) is 30.3 Å². The normalized spacial score (nSPS) is 14.9. The SMILES string of the molecule is C=C(C)CCCC(C)(C)c1ccc2c(c1)C(=O)c1cc(C(C)(C)CCC(C)C(C)(C)C)ccc1C2=O. The van der Waals surface area contributed by atoms with Crippen molar-refractivity contribution in [3.8, 4) is 0 Å². The van der Waals surface area contributed by atoms with Gasteiger partial charge in [0.15, 0.2) is 11.6 Å². The molecule has 0 heterocycles. The van der Waals surface area contributed by atoms with Crippen LogP contribution in [-0.4, -0.2) is 11.6 Å². The van der Waals surface area contributed by atoms with Gasteiger partial charge in [0.2, 0.25) is 0 Å². The quantitative estimate of drug-likeness (QED) is 0.282. The standard InChI is InChI=1S/C34H46O2/c1-22(2)12-11-18-33(7,8)24-13-15-26-28(20-24)31(36)29-21-25(14-16-27(29)30(26)35)34(9,10)19-17-23(3)32(4,5)6/h13-16,20-21,23H,1,11-12,17-19H2,2-10H3. The van der Waals surface area contributed by atoms with Gasteiger partial charge in [0, 0.05) is 22.3 Å². The molecule has 2 heteroatoms. The second-order valence-electron chi connectivity index (χ2n) is 13.6. The summed E-state index contributed by atoms with van der Waals surface area (Å²) in [5, 5.41) is 0. The maximum atomic E-state index is 13.7. The molecule has 1 aliphatic carbocycles. The summed E-state index contributed by atoms with van der Waals surface area (Å²) < 4.78 is 0. The maximum absolute atomic E-state index is 13.7. The molecular formula is C34H46O2. The first-order valence-corrected chi connectivity index (χ1v) is 13.6. The molecule has 2 aromatic rings. The molecule has 3 rings (SSSR count). The lowest BCUT2D eigenvalue weighted by Gasteiger charge is -2.32. The molecule has 2 nitrogen and oxygen atoms in total. The van der Waals surface area contributed by atoms with Crippen LogP contribution < -0.4 is 0 Å². The number of fused-ring (bicyclic) bond motifs is 2. The van der Waals surface area contributed by atoms with E-state index in [0.29, 0.717) is 28.2 Å². The number of carbonyl (C=O) groups is 2. The van der Waals surface area contributed by atoms with Crippen molar-refractivity contribution in [2.24, 2.45) is 11.3 Å². The Morgan fingerprint density at radius 2 is 1.19 bits per heavy atom. The van der Waals surface area contributed by atoms with Crippen LogP contribution in [-0.2, 0) is 10.8 Å². The summed E-state index contributed by atoms with van der Waals surface area (Å²) in [7, 11) is 0. The zero-order valence-corrected chi connectivity index (χ0v) is 24.1. The Morgan fingerprint density at radius 3 is 1.64 bits per heavy atom. The van der Waals surface area contributed by atoms with Crippen molar-refractivity contribution in [1.29, 1.82) is 0 Å². The van der Waals surface area contributed by atoms with Crippen LogP contribution in [0.1, 0.15) is 137 Å². The third kappa shape index (κ3) is 5.90. The topological polar surface area (TPSA) is 34.1 Å². The first-order chi connectivity index (χ1) is 16.5. The van der Waals surface area contributed by atoms with Crippen molar-refractivity contribution in [3.05, 3.63) is 81.9 Å². The number of ketones is 2. The molecule has 0 aromatic heterocycles. The monoisotopic (exact) mass is 486 g/mol. The molecule has 194 valence electrons. The average Bonchev–Trinajstić information content (AvgIpc) is 2.79. The fourth-order valence-electron chi connectivity index (χ4n) is 5.12. The molecule has 0 fully saturated rings. The van der Waals surface area contributed by atoms with Crippen molar-refractivity contribution in [2.45, 2.75) is 105 Å². The predicted molar refractivity (Wildman–Crippen MR) is 152 cm³/mol.